The number of nitrogens with two attached hydrogens (primary N) is 1. The monoisotopic (exact) mass is 181 g/mol. The lowest BCUT2D eigenvalue weighted by atomic mass is 9.88. The van der Waals surface area contributed by atoms with Crippen LogP contribution in [0.2, 0.25) is 0 Å². The third kappa shape index (κ3) is 1.06. The molecule has 3 N–H and O–H groups in total. The van der Waals surface area contributed by atoms with Crippen LogP contribution < -0.4 is 11.2 Å². The molecule has 70 valence electrons. The van der Waals surface area contributed by atoms with Gasteiger partial charge >= 0.3 is 0 Å². The molecule has 2 rings (SSSR count). The molecule has 0 bridgehead atoms. The molecule has 0 amide bonds. The number of hydrogen-bond donors (Lipinski definition) is 2. The van der Waals surface area contributed by atoms with Crippen LogP contribution in [-0.2, 0) is 0 Å². The smallest absolute Gasteiger partial charge is 0.128 e. The second kappa shape index (κ2) is 2.35. The Labute approximate surface area is 76.4 Å². The van der Waals surface area contributed by atoms with Gasteiger partial charge in [0.2, 0.25) is 0 Å². The quantitative estimate of drug-likeness (QED) is 0.580. The first-order valence-electron chi connectivity index (χ1n) is 4.10. The highest BCUT2D eigenvalue weighted by Gasteiger charge is 2.40. The fourth-order valence-corrected chi connectivity index (χ4v) is 1.67. The topological polar surface area (TPSA) is 41.3 Å². The molecule has 0 aromatic carbocycles. The Bertz CT molecular complexity index is 343. The average molecular weight is 181 g/mol. The number of hydrazine groups is 1. The first-order chi connectivity index (χ1) is 6.02. The third-order valence-electron chi connectivity index (χ3n) is 2.40. The van der Waals surface area contributed by atoms with E-state index in [-0.39, 0.29) is 5.83 Å². The maximum Gasteiger partial charge on any atom is 0.128 e. The highest BCUT2D eigenvalue weighted by Crippen LogP contribution is 2.35. The molecule has 0 aromatic heterocycles. The van der Waals surface area contributed by atoms with E-state index in [2.05, 4.69) is 5.43 Å². The minimum absolute atomic E-state index is 0.247. The van der Waals surface area contributed by atoms with Crippen LogP contribution >= 0.6 is 0 Å². The van der Waals surface area contributed by atoms with Crippen LogP contribution in [0.5, 0.6) is 0 Å². The Morgan fingerprint density at radius 3 is 2.92 bits per heavy atom. The number of nitrogens with one attached hydrogen (secondary N) is 1. The maximum absolute atomic E-state index is 13.6. The number of hydrogen-bond acceptors (Lipinski definition) is 3. The predicted octanol–water partition coefficient (Wildman–Crippen LogP) is 0.789. The molecule has 2 aliphatic rings. The van der Waals surface area contributed by atoms with Gasteiger partial charge in [0.05, 0.1) is 0 Å². The van der Waals surface area contributed by atoms with Crippen molar-refractivity contribution < 1.29 is 4.39 Å². The minimum Gasteiger partial charge on any atom is -0.399 e. The van der Waals surface area contributed by atoms with Crippen molar-refractivity contribution in [3.8, 4) is 0 Å². The molecule has 0 unspecified atom stereocenters. The number of rotatable bonds is 0. The van der Waals surface area contributed by atoms with E-state index in [1.807, 2.05) is 13.2 Å². The van der Waals surface area contributed by atoms with Crippen LogP contribution in [0.4, 0.5) is 4.39 Å². The van der Waals surface area contributed by atoms with Gasteiger partial charge in [-0.15, -0.1) is 0 Å². The van der Waals surface area contributed by atoms with Crippen LogP contribution in [-0.4, -0.2) is 17.6 Å². The summed E-state index contributed by atoms with van der Waals surface area (Å²) in [5.74, 6) is -0.247. The van der Waals surface area contributed by atoms with Gasteiger partial charge in [-0.05, 0) is 24.6 Å². The van der Waals surface area contributed by atoms with Gasteiger partial charge in [0.25, 0.3) is 0 Å². The summed E-state index contributed by atoms with van der Waals surface area (Å²) < 4.78 is 13.6. The molecule has 0 saturated heterocycles. The molecule has 0 fully saturated rings. The largest absolute Gasteiger partial charge is 0.399 e. The predicted molar refractivity (Wildman–Crippen MR) is 48.8 cm³/mol. The Hall–Kier alpha value is -1.29. The average Bonchev–Trinajstić information content (AvgIpc) is 2.26. The molecule has 1 aliphatic carbocycles. The van der Waals surface area contributed by atoms with Gasteiger partial charge in [-0.1, -0.05) is 0 Å². The molecule has 3 nitrogen and oxygen atoms in total. The summed E-state index contributed by atoms with van der Waals surface area (Å²) in [5, 5.41) is 1.73. The summed E-state index contributed by atoms with van der Waals surface area (Å²) in [6, 6.07) is 0. The molecule has 0 radical (unpaired) electrons. The number of nitrogens with zero attached hydrogens (tertiary/aromatic N) is 1. The number of allylic oxidation sites excluding steroid dienone is 1. The van der Waals surface area contributed by atoms with Crippen molar-refractivity contribution in [2.75, 3.05) is 7.05 Å². The zero-order valence-corrected chi connectivity index (χ0v) is 7.63. The van der Waals surface area contributed by atoms with E-state index >= 15 is 0 Å². The molecular formula is C9H12FN3. The van der Waals surface area contributed by atoms with Crippen molar-refractivity contribution >= 4 is 0 Å². The molecule has 13 heavy (non-hydrogen) atoms. The molecule has 0 saturated carbocycles. The van der Waals surface area contributed by atoms with Crippen molar-refractivity contribution in [1.29, 1.82) is 0 Å². The van der Waals surface area contributed by atoms with Gasteiger partial charge < -0.3 is 10.7 Å². The highest BCUT2D eigenvalue weighted by atomic mass is 19.1. The summed E-state index contributed by atoms with van der Waals surface area (Å²) in [4.78, 5) is 0. The molecule has 4 heteroatoms. The van der Waals surface area contributed by atoms with Gasteiger partial charge in [-0.25, -0.2) is 9.82 Å². The van der Waals surface area contributed by atoms with Gasteiger partial charge in [0, 0.05) is 18.9 Å². The Kier molecular flexibility index (Phi) is 1.51. The zero-order valence-electron chi connectivity index (χ0n) is 7.63. The molecule has 1 aliphatic heterocycles. The SMILES string of the molecule is CN1C=C2C=C(N)C=C(F)[C@@]2(C)N1. The lowest BCUT2D eigenvalue weighted by Gasteiger charge is -2.28. The minimum atomic E-state index is -0.725. The second-order valence-electron chi connectivity index (χ2n) is 3.57. The standard InChI is InChI=1S/C9H12FN3/c1-9-6(5-13(2)12-9)3-7(11)4-8(9)10/h3-5,12H,11H2,1-2H3/t9-/m0/s1. The third-order valence-corrected chi connectivity index (χ3v) is 2.40. The summed E-state index contributed by atoms with van der Waals surface area (Å²) in [6.45, 7) is 1.79. The normalized spacial score (nSPS) is 32.2. The van der Waals surface area contributed by atoms with Gasteiger partial charge in [0.1, 0.15) is 11.4 Å². The van der Waals surface area contributed by atoms with Gasteiger partial charge in [-0.2, -0.15) is 0 Å². The first-order valence-corrected chi connectivity index (χ1v) is 4.10. The van der Waals surface area contributed by atoms with Crippen molar-refractivity contribution in [3.05, 3.63) is 35.4 Å². The molecule has 0 spiro atoms. The lowest BCUT2D eigenvalue weighted by molar-refractivity contribution is 0.263. The highest BCUT2D eigenvalue weighted by molar-refractivity contribution is 5.49. The van der Waals surface area contributed by atoms with Gasteiger partial charge in [0.15, 0.2) is 0 Å². The molecular weight excluding hydrogens is 169 g/mol. The van der Waals surface area contributed by atoms with Crippen molar-refractivity contribution in [2.45, 2.75) is 12.5 Å². The van der Waals surface area contributed by atoms with Gasteiger partial charge in [-0.3, -0.25) is 0 Å². The van der Waals surface area contributed by atoms with Crippen molar-refractivity contribution in [2.24, 2.45) is 5.73 Å². The van der Waals surface area contributed by atoms with Crippen LogP contribution in [0.25, 0.3) is 0 Å². The fraction of sp³-hybridized carbons (Fsp3) is 0.333. The van der Waals surface area contributed by atoms with E-state index in [9.17, 15) is 4.39 Å². The van der Waals surface area contributed by atoms with Crippen LogP contribution in [0.1, 0.15) is 6.92 Å². The van der Waals surface area contributed by atoms with Crippen LogP contribution in [0.3, 0.4) is 0 Å². The maximum atomic E-state index is 13.6. The van der Waals surface area contributed by atoms with Crippen molar-refractivity contribution in [3.63, 3.8) is 0 Å². The summed E-state index contributed by atoms with van der Waals surface area (Å²) in [7, 11) is 1.83. The molecule has 1 atom stereocenters. The van der Waals surface area contributed by atoms with E-state index < -0.39 is 5.54 Å². The summed E-state index contributed by atoms with van der Waals surface area (Å²) in [6.07, 6.45) is 4.96. The van der Waals surface area contributed by atoms with E-state index in [1.54, 1.807) is 18.0 Å². The number of halogens is 1. The van der Waals surface area contributed by atoms with Crippen molar-refractivity contribution in [1.82, 2.24) is 10.4 Å². The second-order valence-corrected chi connectivity index (χ2v) is 3.57. The molecule has 1 heterocycles. The summed E-state index contributed by atoms with van der Waals surface area (Å²) in [5.41, 5.74) is 9.13. The Balaban J connectivity index is 2.49. The summed E-state index contributed by atoms with van der Waals surface area (Å²) >= 11 is 0. The molecule has 0 aromatic rings. The van der Waals surface area contributed by atoms with E-state index in [4.69, 9.17) is 5.73 Å². The first kappa shape index (κ1) is 8.31. The number of fused-ring (bicyclic) bond motifs is 1. The van der Waals surface area contributed by atoms with E-state index in [0.717, 1.165) is 5.57 Å². The Morgan fingerprint density at radius 1 is 1.54 bits per heavy atom. The van der Waals surface area contributed by atoms with Crippen LogP contribution in [0, 0.1) is 0 Å². The fourth-order valence-electron chi connectivity index (χ4n) is 1.67. The van der Waals surface area contributed by atoms with E-state index in [1.165, 1.54) is 6.08 Å². The van der Waals surface area contributed by atoms with Crippen LogP contribution in [0.15, 0.2) is 35.4 Å². The Morgan fingerprint density at radius 2 is 2.23 bits per heavy atom. The lowest BCUT2D eigenvalue weighted by Crippen LogP contribution is -2.46. The van der Waals surface area contributed by atoms with E-state index in [0.29, 0.717) is 5.70 Å². The zero-order chi connectivity index (χ0) is 9.64.